The molecule has 0 radical (unpaired) electrons. The highest BCUT2D eigenvalue weighted by atomic mass is 35.5. The molecule has 0 aliphatic heterocycles. The van der Waals surface area contributed by atoms with Crippen LogP contribution >= 0.6 is 11.6 Å². The molecule has 0 saturated heterocycles. The SMILES string of the molecule is O=C(COc1ccc(Cl)cc1)N[n+]1ccccc1. The molecule has 4 nitrogen and oxygen atoms in total. The Morgan fingerprint density at radius 2 is 1.83 bits per heavy atom. The normalized spacial score (nSPS) is 9.83. The van der Waals surface area contributed by atoms with Crippen molar-refractivity contribution in [3.05, 3.63) is 59.9 Å². The van der Waals surface area contributed by atoms with Gasteiger partial charge in [0.05, 0.1) is 0 Å². The Hall–Kier alpha value is -2.07. The molecular formula is C13H12ClN2O2+. The van der Waals surface area contributed by atoms with Crippen molar-refractivity contribution >= 4 is 17.5 Å². The predicted molar refractivity (Wildman–Crippen MR) is 68.0 cm³/mol. The number of aromatic nitrogens is 1. The summed E-state index contributed by atoms with van der Waals surface area (Å²) < 4.78 is 6.87. The van der Waals surface area contributed by atoms with E-state index in [2.05, 4.69) is 5.43 Å². The minimum atomic E-state index is -0.235. The second-order valence-corrected chi connectivity index (χ2v) is 4.00. The molecule has 0 aliphatic carbocycles. The summed E-state index contributed by atoms with van der Waals surface area (Å²) in [6, 6.07) is 12.4. The number of benzene rings is 1. The summed E-state index contributed by atoms with van der Waals surface area (Å²) in [5.74, 6) is 0.369. The third kappa shape index (κ3) is 3.75. The number of hydrogen-bond donors (Lipinski definition) is 1. The first kappa shape index (κ1) is 12.4. The zero-order valence-corrected chi connectivity index (χ0v) is 10.3. The summed E-state index contributed by atoms with van der Waals surface area (Å²) in [4.78, 5) is 11.6. The molecule has 0 unspecified atom stereocenters. The molecule has 1 N–H and O–H groups in total. The van der Waals surface area contributed by atoms with E-state index >= 15 is 0 Å². The van der Waals surface area contributed by atoms with E-state index in [0.717, 1.165) is 0 Å². The van der Waals surface area contributed by atoms with E-state index in [1.807, 2.05) is 18.2 Å². The maximum absolute atomic E-state index is 11.6. The standard InChI is InChI=1S/C13H11ClN2O2/c14-11-4-6-12(7-5-11)18-10-13(17)15-16-8-2-1-3-9-16/h1-9H,10H2/p+1. The van der Waals surface area contributed by atoms with Gasteiger partial charge in [-0.3, -0.25) is 4.79 Å². The fourth-order valence-electron chi connectivity index (χ4n) is 1.33. The fourth-order valence-corrected chi connectivity index (χ4v) is 1.46. The van der Waals surface area contributed by atoms with Crippen LogP contribution in [0.1, 0.15) is 0 Å². The highest BCUT2D eigenvalue weighted by Gasteiger charge is 2.07. The lowest BCUT2D eigenvalue weighted by Gasteiger charge is -2.04. The summed E-state index contributed by atoms with van der Waals surface area (Å²) in [6.07, 6.45) is 3.47. The Labute approximate surface area is 110 Å². The molecule has 0 saturated carbocycles. The van der Waals surface area contributed by atoms with Crippen LogP contribution in [0.4, 0.5) is 0 Å². The van der Waals surface area contributed by atoms with Crippen LogP contribution in [0.3, 0.4) is 0 Å². The van der Waals surface area contributed by atoms with Crippen molar-refractivity contribution in [3.63, 3.8) is 0 Å². The first-order valence-corrected chi connectivity index (χ1v) is 5.76. The van der Waals surface area contributed by atoms with Crippen LogP contribution in [0.15, 0.2) is 54.9 Å². The minimum absolute atomic E-state index is 0.0521. The third-order valence-electron chi connectivity index (χ3n) is 2.15. The third-order valence-corrected chi connectivity index (χ3v) is 2.40. The molecule has 92 valence electrons. The molecule has 0 aliphatic rings. The molecule has 0 atom stereocenters. The molecular weight excluding hydrogens is 252 g/mol. The Morgan fingerprint density at radius 3 is 2.50 bits per heavy atom. The van der Waals surface area contributed by atoms with Gasteiger partial charge in [-0.2, -0.15) is 0 Å². The topological polar surface area (TPSA) is 42.2 Å². The molecule has 1 heterocycles. The van der Waals surface area contributed by atoms with E-state index in [0.29, 0.717) is 10.8 Å². The van der Waals surface area contributed by atoms with Crippen LogP contribution in [-0.4, -0.2) is 12.5 Å². The number of pyridine rings is 1. The van der Waals surface area contributed by atoms with Crippen molar-refractivity contribution in [2.24, 2.45) is 0 Å². The number of hydrogen-bond acceptors (Lipinski definition) is 2. The van der Waals surface area contributed by atoms with Crippen molar-refractivity contribution in [1.29, 1.82) is 0 Å². The largest absolute Gasteiger partial charge is 0.484 e. The van der Waals surface area contributed by atoms with Gasteiger partial charge in [0.25, 0.3) is 0 Å². The number of nitrogens with zero attached hydrogens (tertiary/aromatic N) is 1. The van der Waals surface area contributed by atoms with Crippen LogP contribution in [0.2, 0.25) is 5.02 Å². The van der Waals surface area contributed by atoms with E-state index in [1.165, 1.54) is 0 Å². The summed E-state index contributed by atoms with van der Waals surface area (Å²) >= 11 is 5.74. The molecule has 0 bridgehead atoms. The van der Waals surface area contributed by atoms with Gasteiger partial charge in [-0.1, -0.05) is 22.3 Å². The van der Waals surface area contributed by atoms with Gasteiger partial charge in [-0.05, 0) is 24.3 Å². The number of carbonyl (C=O) groups excluding carboxylic acids is 1. The lowest BCUT2D eigenvalue weighted by Crippen LogP contribution is -2.49. The molecule has 18 heavy (non-hydrogen) atoms. The Kier molecular flexibility index (Phi) is 4.15. The number of ether oxygens (including phenoxy) is 1. The van der Waals surface area contributed by atoms with Gasteiger partial charge in [-0.25, -0.2) is 0 Å². The monoisotopic (exact) mass is 263 g/mol. The van der Waals surface area contributed by atoms with Crippen molar-refractivity contribution < 1.29 is 14.2 Å². The first-order chi connectivity index (χ1) is 8.74. The van der Waals surface area contributed by atoms with Gasteiger partial charge in [-0.15, -0.1) is 5.43 Å². The zero-order chi connectivity index (χ0) is 12.8. The highest BCUT2D eigenvalue weighted by molar-refractivity contribution is 6.30. The molecule has 0 spiro atoms. The number of amides is 1. The average molecular weight is 264 g/mol. The average Bonchev–Trinajstić information content (AvgIpc) is 2.39. The van der Waals surface area contributed by atoms with Crippen LogP contribution in [0.5, 0.6) is 5.75 Å². The van der Waals surface area contributed by atoms with Gasteiger partial charge >= 0.3 is 5.91 Å². The quantitative estimate of drug-likeness (QED) is 0.855. The first-order valence-electron chi connectivity index (χ1n) is 5.38. The molecule has 5 heteroatoms. The molecule has 2 rings (SSSR count). The van der Waals surface area contributed by atoms with Crippen molar-refractivity contribution in [3.8, 4) is 5.75 Å². The lowest BCUT2D eigenvalue weighted by molar-refractivity contribution is -0.642. The van der Waals surface area contributed by atoms with E-state index in [4.69, 9.17) is 16.3 Å². The predicted octanol–water partition coefficient (Wildman–Crippen LogP) is 1.78. The fraction of sp³-hybridized carbons (Fsp3) is 0.0769. The van der Waals surface area contributed by atoms with Crippen molar-refractivity contribution in [2.45, 2.75) is 0 Å². The smallest absolute Gasteiger partial charge is 0.312 e. The van der Waals surface area contributed by atoms with E-state index in [9.17, 15) is 4.79 Å². The second kappa shape index (κ2) is 6.02. The zero-order valence-electron chi connectivity index (χ0n) is 9.54. The molecule has 1 aromatic heterocycles. The lowest BCUT2D eigenvalue weighted by atomic mass is 10.3. The van der Waals surface area contributed by atoms with Crippen LogP contribution in [0, 0.1) is 0 Å². The maximum Gasteiger partial charge on any atom is 0.312 e. The van der Waals surface area contributed by atoms with E-state index < -0.39 is 0 Å². The van der Waals surface area contributed by atoms with Gasteiger partial charge in [0, 0.05) is 17.2 Å². The summed E-state index contributed by atoms with van der Waals surface area (Å²) in [6.45, 7) is -0.0521. The van der Waals surface area contributed by atoms with Crippen LogP contribution in [0.25, 0.3) is 0 Å². The molecule has 2 aromatic rings. The van der Waals surface area contributed by atoms with Gasteiger partial charge in [0.2, 0.25) is 0 Å². The second-order valence-electron chi connectivity index (χ2n) is 3.56. The molecule has 1 aromatic carbocycles. The van der Waals surface area contributed by atoms with Gasteiger partial charge in [0.1, 0.15) is 5.75 Å². The van der Waals surface area contributed by atoms with Crippen molar-refractivity contribution in [2.75, 3.05) is 12.0 Å². The number of nitrogens with one attached hydrogen (secondary N) is 1. The Balaban J connectivity index is 1.83. The minimum Gasteiger partial charge on any atom is -0.484 e. The molecule has 0 fully saturated rings. The van der Waals surface area contributed by atoms with Crippen LogP contribution < -0.4 is 14.8 Å². The van der Waals surface area contributed by atoms with Gasteiger partial charge < -0.3 is 4.74 Å². The van der Waals surface area contributed by atoms with Crippen molar-refractivity contribution in [1.82, 2.24) is 0 Å². The van der Waals surface area contributed by atoms with Gasteiger partial charge in [0.15, 0.2) is 19.0 Å². The van der Waals surface area contributed by atoms with Crippen LogP contribution in [-0.2, 0) is 4.79 Å². The number of carbonyl (C=O) groups is 1. The maximum atomic E-state index is 11.6. The highest BCUT2D eigenvalue weighted by Crippen LogP contribution is 2.15. The van der Waals surface area contributed by atoms with E-state index in [1.54, 1.807) is 41.3 Å². The Morgan fingerprint density at radius 1 is 1.17 bits per heavy atom. The number of halogens is 1. The summed E-state index contributed by atoms with van der Waals surface area (Å²) in [7, 11) is 0. The number of rotatable bonds is 4. The summed E-state index contributed by atoms with van der Waals surface area (Å²) in [5.41, 5.74) is 2.65. The Bertz CT molecular complexity index is 514. The summed E-state index contributed by atoms with van der Waals surface area (Å²) in [5, 5.41) is 0.631. The van der Waals surface area contributed by atoms with E-state index in [-0.39, 0.29) is 12.5 Å². The molecule has 1 amide bonds.